The summed E-state index contributed by atoms with van der Waals surface area (Å²) in [6.07, 6.45) is 0. The quantitative estimate of drug-likeness (QED) is 0.366. The van der Waals surface area contributed by atoms with Crippen LogP contribution >= 0.6 is 22.6 Å². The molecule has 0 aliphatic carbocycles. The number of esters is 1. The highest BCUT2D eigenvalue weighted by Gasteiger charge is 2.11. The van der Waals surface area contributed by atoms with E-state index in [4.69, 9.17) is 10.5 Å². The van der Waals surface area contributed by atoms with Gasteiger partial charge in [0.05, 0.1) is 30.7 Å². The van der Waals surface area contributed by atoms with E-state index in [0.29, 0.717) is 30.1 Å². The average Bonchev–Trinajstić information content (AvgIpc) is 2.33. The fourth-order valence-corrected chi connectivity index (χ4v) is 1.91. The first-order chi connectivity index (χ1) is 8.10. The minimum atomic E-state index is -0.377. The summed E-state index contributed by atoms with van der Waals surface area (Å²) in [6.45, 7) is 1.19. The molecule has 3 N–H and O–H groups in total. The van der Waals surface area contributed by atoms with Gasteiger partial charge in [-0.25, -0.2) is 4.79 Å². The van der Waals surface area contributed by atoms with Crippen molar-refractivity contribution in [3.05, 3.63) is 21.3 Å². The highest BCUT2D eigenvalue weighted by molar-refractivity contribution is 14.1. The fraction of sp³-hybridized carbons (Fsp3) is 0.364. The maximum atomic E-state index is 11.4. The number of methoxy groups -OCH3 is 2. The molecule has 6 heteroatoms. The van der Waals surface area contributed by atoms with Gasteiger partial charge in [-0.05, 0) is 34.7 Å². The van der Waals surface area contributed by atoms with Gasteiger partial charge < -0.3 is 20.5 Å². The highest BCUT2D eigenvalue weighted by Crippen LogP contribution is 2.26. The van der Waals surface area contributed by atoms with Gasteiger partial charge in [0, 0.05) is 17.2 Å². The summed E-state index contributed by atoms with van der Waals surface area (Å²) in [5, 5.41) is 3.11. The zero-order chi connectivity index (χ0) is 12.8. The Hall–Kier alpha value is -1.02. The molecule has 0 bridgehead atoms. The minimum absolute atomic E-state index is 0.377. The topological polar surface area (TPSA) is 73.6 Å². The van der Waals surface area contributed by atoms with Crippen LogP contribution in [0.3, 0.4) is 0 Å². The van der Waals surface area contributed by atoms with Crippen molar-refractivity contribution in [1.82, 2.24) is 0 Å². The normalized spacial score (nSPS) is 10.1. The number of rotatable bonds is 5. The number of carbonyl (C=O) groups is 1. The van der Waals surface area contributed by atoms with Crippen LogP contribution in [-0.4, -0.2) is 33.3 Å². The van der Waals surface area contributed by atoms with Crippen molar-refractivity contribution in [2.75, 3.05) is 38.4 Å². The van der Waals surface area contributed by atoms with Crippen LogP contribution in [0.4, 0.5) is 11.4 Å². The third-order valence-electron chi connectivity index (χ3n) is 2.17. The van der Waals surface area contributed by atoms with Crippen molar-refractivity contribution < 1.29 is 14.3 Å². The first kappa shape index (κ1) is 14.0. The molecular formula is C11H15IN2O3. The van der Waals surface area contributed by atoms with E-state index in [1.165, 1.54) is 7.11 Å². The zero-order valence-corrected chi connectivity index (χ0v) is 11.9. The van der Waals surface area contributed by atoms with Gasteiger partial charge in [0.15, 0.2) is 0 Å². The van der Waals surface area contributed by atoms with E-state index in [1.807, 2.05) is 0 Å². The molecule has 1 aromatic carbocycles. The first-order valence-corrected chi connectivity index (χ1v) is 6.08. The third kappa shape index (κ3) is 3.74. The Morgan fingerprint density at radius 2 is 2.18 bits per heavy atom. The van der Waals surface area contributed by atoms with Gasteiger partial charge in [-0.15, -0.1) is 0 Å². The molecule has 0 radical (unpaired) electrons. The molecule has 0 aromatic heterocycles. The summed E-state index contributed by atoms with van der Waals surface area (Å²) in [7, 11) is 2.98. The summed E-state index contributed by atoms with van der Waals surface area (Å²) in [4.78, 5) is 11.4. The van der Waals surface area contributed by atoms with Gasteiger partial charge in [0.2, 0.25) is 0 Å². The number of nitrogen functional groups attached to an aromatic ring is 1. The molecule has 94 valence electrons. The van der Waals surface area contributed by atoms with Gasteiger partial charge in [-0.3, -0.25) is 0 Å². The van der Waals surface area contributed by atoms with Crippen LogP contribution in [0.2, 0.25) is 0 Å². The maximum absolute atomic E-state index is 11.4. The number of ether oxygens (including phenoxy) is 2. The number of nitrogens with two attached hydrogens (primary N) is 1. The molecule has 0 fully saturated rings. The summed E-state index contributed by atoms with van der Waals surface area (Å²) >= 11 is 2.08. The molecule has 0 aliphatic heterocycles. The lowest BCUT2D eigenvalue weighted by Gasteiger charge is -2.12. The van der Waals surface area contributed by atoms with E-state index >= 15 is 0 Å². The Labute approximate surface area is 114 Å². The standard InChI is InChI=1S/C11H15IN2O3/c1-16-4-3-14-9-6-7(11(15)17-2)5-8(12)10(9)13/h5-6,14H,3-4,13H2,1-2H3. The SMILES string of the molecule is COCCNc1cc(C(=O)OC)cc(I)c1N. The molecule has 0 heterocycles. The lowest BCUT2D eigenvalue weighted by atomic mass is 10.1. The number of nitrogens with one attached hydrogen (secondary N) is 1. The van der Waals surface area contributed by atoms with Crippen LogP contribution in [0.25, 0.3) is 0 Å². The number of halogens is 1. The van der Waals surface area contributed by atoms with Crippen LogP contribution in [-0.2, 0) is 9.47 Å². The van der Waals surface area contributed by atoms with Crippen molar-refractivity contribution in [2.45, 2.75) is 0 Å². The van der Waals surface area contributed by atoms with E-state index in [-0.39, 0.29) is 5.97 Å². The van der Waals surface area contributed by atoms with Crippen molar-refractivity contribution in [1.29, 1.82) is 0 Å². The second-order valence-electron chi connectivity index (χ2n) is 3.33. The fourth-order valence-electron chi connectivity index (χ4n) is 1.29. The van der Waals surface area contributed by atoms with Crippen LogP contribution in [0.15, 0.2) is 12.1 Å². The van der Waals surface area contributed by atoms with E-state index < -0.39 is 0 Å². The maximum Gasteiger partial charge on any atom is 0.337 e. The number of carbonyl (C=O) groups excluding carboxylic acids is 1. The Morgan fingerprint density at radius 1 is 1.47 bits per heavy atom. The number of anilines is 2. The summed E-state index contributed by atoms with van der Waals surface area (Å²) in [5.74, 6) is -0.377. The predicted octanol–water partition coefficient (Wildman–Crippen LogP) is 1.72. The smallest absolute Gasteiger partial charge is 0.337 e. The minimum Gasteiger partial charge on any atom is -0.465 e. The lowest BCUT2D eigenvalue weighted by molar-refractivity contribution is 0.0600. The molecule has 0 atom stereocenters. The van der Waals surface area contributed by atoms with Gasteiger partial charge >= 0.3 is 5.97 Å². The molecule has 17 heavy (non-hydrogen) atoms. The lowest BCUT2D eigenvalue weighted by Crippen LogP contribution is -2.11. The van der Waals surface area contributed by atoms with Crippen LogP contribution in [0.5, 0.6) is 0 Å². The predicted molar refractivity (Wildman–Crippen MR) is 75.3 cm³/mol. The molecule has 0 saturated heterocycles. The van der Waals surface area contributed by atoms with Crippen LogP contribution in [0, 0.1) is 3.57 Å². The van der Waals surface area contributed by atoms with E-state index in [0.717, 1.165) is 3.57 Å². The van der Waals surface area contributed by atoms with E-state index in [9.17, 15) is 4.79 Å². The summed E-state index contributed by atoms with van der Waals surface area (Å²) in [6, 6.07) is 3.38. The largest absolute Gasteiger partial charge is 0.465 e. The highest BCUT2D eigenvalue weighted by atomic mass is 127. The Bertz CT molecular complexity index is 410. The summed E-state index contributed by atoms with van der Waals surface area (Å²) in [5.41, 5.74) is 7.73. The molecule has 0 spiro atoms. The second kappa shape index (κ2) is 6.65. The molecule has 1 rings (SSSR count). The van der Waals surface area contributed by atoms with Crippen molar-refractivity contribution in [3.8, 4) is 0 Å². The van der Waals surface area contributed by atoms with E-state index in [1.54, 1.807) is 19.2 Å². The number of hydrogen-bond acceptors (Lipinski definition) is 5. The van der Waals surface area contributed by atoms with Crippen molar-refractivity contribution in [2.24, 2.45) is 0 Å². The van der Waals surface area contributed by atoms with Crippen LogP contribution < -0.4 is 11.1 Å². The van der Waals surface area contributed by atoms with E-state index in [2.05, 4.69) is 32.6 Å². The number of hydrogen-bond donors (Lipinski definition) is 2. The summed E-state index contributed by atoms with van der Waals surface area (Å²) < 4.78 is 10.4. The molecule has 5 nitrogen and oxygen atoms in total. The van der Waals surface area contributed by atoms with Crippen LogP contribution in [0.1, 0.15) is 10.4 Å². The molecule has 0 amide bonds. The van der Waals surface area contributed by atoms with Gasteiger partial charge in [-0.1, -0.05) is 0 Å². The van der Waals surface area contributed by atoms with Gasteiger partial charge in [-0.2, -0.15) is 0 Å². The Balaban J connectivity index is 2.94. The average molecular weight is 350 g/mol. The number of benzene rings is 1. The van der Waals surface area contributed by atoms with Gasteiger partial charge in [0.25, 0.3) is 0 Å². The van der Waals surface area contributed by atoms with Gasteiger partial charge in [0.1, 0.15) is 0 Å². The second-order valence-corrected chi connectivity index (χ2v) is 4.49. The first-order valence-electron chi connectivity index (χ1n) is 5.00. The zero-order valence-electron chi connectivity index (χ0n) is 9.75. The molecule has 0 unspecified atom stereocenters. The monoisotopic (exact) mass is 350 g/mol. The third-order valence-corrected chi connectivity index (χ3v) is 3.06. The van der Waals surface area contributed by atoms with Crippen molar-refractivity contribution >= 4 is 39.9 Å². The molecule has 0 aliphatic rings. The van der Waals surface area contributed by atoms with Crippen molar-refractivity contribution in [3.63, 3.8) is 0 Å². The Kier molecular flexibility index (Phi) is 5.49. The Morgan fingerprint density at radius 3 is 2.76 bits per heavy atom. The molecule has 0 saturated carbocycles. The molecular weight excluding hydrogens is 335 g/mol. The molecule has 1 aromatic rings.